The van der Waals surface area contributed by atoms with Crippen molar-refractivity contribution in [2.75, 3.05) is 19.6 Å². The zero-order chi connectivity index (χ0) is 24.3. The molecule has 3 aliphatic heterocycles. The van der Waals surface area contributed by atoms with E-state index < -0.39 is 30.4 Å². The Kier molecular flexibility index (Phi) is 7.77. The summed E-state index contributed by atoms with van der Waals surface area (Å²) in [7, 11) is 0. The summed E-state index contributed by atoms with van der Waals surface area (Å²) in [5.41, 5.74) is 0.956. The second-order valence-corrected chi connectivity index (χ2v) is 9.98. The molecular weight excluding hydrogens is 440 g/mol. The summed E-state index contributed by atoms with van der Waals surface area (Å²) in [6.07, 6.45) is -0.649. The van der Waals surface area contributed by atoms with Gasteiger partial charge in [-0.05, 0) is 32.3 Å². The highest BCUT2D eigenvalue weighted by Crippen LogP contribution is 2.39. The highest BCUT2D eigenvalue weighted by molar-refractivity contribution is 5.71. The van der Waals surface area contributed by atoms with E-state index in [-0.39, 0.29) is 30.6 Å². The molecular formula is C25H36N2O7. The molecule has 0 spiro atoms. The van der Waals surface area contributed by atoms with E-state index in [0.29, 0.717) is 6.54 Å². The molecule has 1 N–H and O–H groups in total. The maximum Gasteiger partial charge on any atom is 0.407 e. The number of alkyl carbamates (subject to hydrolysis) is 1. The lowest BCUT2D eigenvalue weighted by Crippen LogP contribution is -2.49. The van der Waals surface area contributed by atoms with E-state index in [2.05, 4.69) is 10.2 Å². The molecule has 9 nitrogen and oxygen atoms in total. The highest BCUT2D eigenvalue weighted by atomic mass is 16.8. The van der Waals surface area contributed by atoms with Crippen LogP contribution in [0.3, 0.4) is 0 Å². The number of hydrogen-bond acceptors (Lipinski definition) is 8. The predicted molar refractivity (Wildman–Crippen MR) is 123 cm³/mol. The summed E-state index contributed by atoms with van der Waals surface area (Å²) in [5, 5.41) is 2.96. The van der Waals surface area contributed by atoms with Gasteiger partial charge < -0.3 is 33.9 Å². The maximum absolute atomic E-state index is 12.3. The standard InChI is InChI=1S/C25H36N2O7/c1-16(2)22(28)32-20-19(31-23-21(20)33-25(3,4)34-23)14-27-12-10-18(11-13-27)26-24(29)30-15-17-8-6-5-7-9-17/h5-9,16,18-21,23H,10-15H2,1-4H3,(H,26,29)/t19-,20+,21-,23-/m1/s1. The van der Waals surface area contributed by atoms with E-state index >= 15 is 0 Å². The molecule has 9 heteroatoms. The van der Waals surface area contributed by atoms with Gasteiger partial charge in [-0.2, -0.15) is 0 Å². The van der Waals surface area contributed by atoms with Gasteiger partial charge in [0.2, 0.25) is 0 Å². The summed E-state index contributed by atoms with van der Waals surface area (Å²) in [6, 6.07) is 9.67. The summed E-state index contributed by atoms with van der Waals surface area (Å²) in [5.74, 6) is -1.29. The van der Waals surface area contributed by atoms with Crippen LogP contribution in [0.15, 0.2) is 30.3 Å². The Morgan fingerprint density at radius 1 is 1.15 bits per heavy atom. The lowest BCUT2D eigenvalue weighted by Gasteiger charge is -2.35. The fourth-order valence-corrected chi connectivity index (χ4v) is 4.55. The summed E-state index contributed by atoms with van der Waals surface area (Å²) in [4.78, 5) is 26.8. The van der Waals surface area contributed by atoms with Gasteiger partial charge in [0.15, 0.2) is 24.3 Å². The van der Waals surface area contributed by atoms with Crippen molar-refractivity contribution in [3.63, 3.8) is 0 Å². The zero-order valence-corrected chi connectivity index (χ0v) is 20.4. The van der Waals surface area contributed by atoms with Crippen molar-refractivity contribution in [3.8, 4) is 0 Å². The van der Waals surface area contributed by atoms with Crippen LogP contribution in [0.2, 0.25) is 0 Å². The van der Waals surface area contributed by atoms with Crippen LogP contribution < -0.4 is 5.32 Å². The molecule has 3 aliphatic rings. The van der Waals surface area contributed by atoms with Crippen LogP contribution in [-0.4, -0.2) is 73.0 Å². The number of benzene rings is 1. The van der Waals surface area contributed by atoms with Gasteiger partial charge in [0.1, 0.15) is 12.7 Å². The third kappa shape index (κ3) is 6.27. The van der Waals surface area contributed by atoms with Crippen molar-refractivity contribution >= 4 is 12.1 Å². The first kappa shape index (κ1) is 24.9. The molecule has 3 saturated heterocycles. The van der Waals surface area contributed by atoms with Gasteiger partial charge in [0.05, 0.1) is 5.92 Å². The number of hydrogen-bond donors (Lipinski definition) is 1. The fraction of sp³-hybridized carbons (Fsp3) is 0.680. The van der Waals surface area contributed by atoms with Crippen LogP contribution >= 0.6 is 0 Å². The van der Waals surface area contributed by atoms with Crippen molar-refractivity contribution < 1.29 is 33.3 Å². The molecule has 0 unspecified atom stereocenters. The first-order valence-corrected chi connectivity index (χ1v) is 12.1. The van der Waals surface area contributed by atoms with Crippen molar-refractivity contribution in [1.82, 2.24) is 10.2 Å². The molecule has 4 rings (SSSR count). The highest BCUT2D eigenvalue weighted by Gasteiger charge is 2.56. The maximum atomic E-state index is 12.3. The molecule has 1 aromatic rings. The second-order valence-electron chi connectivity index (χ2n) is 9.98. The van der Waals surface area contributed by atoms with Crippen LogP contribution in [0, 0.1) is 5.92 Å². The Balaban J connectivity index is 1.24. The van der Waals surface area contributed by atoms with Gasteiger partial charge in [0, 0.05) is 25.7 Å². The molecule has 4 atom stereocenters. The number of rotatable bonds is 7. The average Bonchev–Trinajstić information content (AvgIpc) is 3.26. The minimum atomic E-state index is -0.776. The first-order chi connectivity index (χ1) is 16.2. The zero-order valence-electron chi connectivity index (χ0n) is 20.4. The smallest absolute Gasteiger partial charge is 0.407 e. The largest absolute Gasteiger partial charge is 0.456 e. The monoisotopic (exact) mass is 476 g/mol. The SMILES string of the molecule is CC(C)C(=O)O[C@@H]1[C@H]2OC(C)(C)O[C@H]2O[C@@H]1CN1CCC(NC(=O)OCc2ccccc2)CC1. The molecule has 1 aromatic carbocycles. The van der Waals surface area contributed by atoms with Gasteiger partial charge in [-0.15, -0.1) is 0 Å². The molecule has 34 heavy (non-hydrogen) atoms. The molecule has 0 aliphatic carbocycles. The predicted octanol–water partition coefficient (Wildman–Crippen LogP) is 2.82. The Labute approximate surface area is 201 Å². The van der Waals surface area contributed by atoms with Gasteiger partial charge in [-0.1, -0.05) is 44.2 Å². The molecule has 0 aromatic heterocycles. The molecule has 0 saturated carbocycles. The number of esters is 1. The lowest BCUT2D eigenvalue weighted by molar-refractivity contribution is -0.221. The van der Waals surface area contributed by atoms with Gasteiger partial charge >= 0.3 is 12.1 Å². The second kappa shape index (κ2) is 10.6. The minimum absolute atomic E-state index is 0.0606. The third-order valence-corrected chi connectivity index (χ3v) is 6.37. The number of nitrogens with one attached hydrogen (secondary N) is 1. The summed E-state index contributed by atoms with van der Waals surface area (Å²) in [6.45, 7) is 9.70. The number of fused-ring (bicyclic) bond motifs is 1. The van der Waals surface area contributed by atoms with E-state index in [4.69, 9.17) is 23.7 Å². The van der Waals surface area contributed by atoms with E-state index in [1.807, 2.05) is 58.0 Å². The van der Waals surface area contributed by atoms with Crippen molar-refractivity contribution in [3.05, 3.63) is 35.9 Å². The van der Waals surface area contributed by atoms with Crippen LogP contribution in [0.25, 0.3) is 0 Å². The molecule has 0 bridgehead atoms. The molecule has 3 heterocycles. The number of nitrogens with zero attached hydrogens (tertiary/aromatic N) is 1. The molecule has 1 amide bonds. The van der Waals surface area contributed by atoms with E-state index in [1.165, 1.54) is 0 Å². The van der Waals surface area contributed by atoms with E-state index in [1.54, 1.807) is 0 Å². The molecule has 188 valence electrons. The fourth-order valence-electron chi connectivity index (χ4n) is 4.55. The minimum Gasteiger partial charge on any atom is -0.456 e. The lowest BCUT2D eigenvalue weighted by atomic mass is 10.0. The number of piperidine rings is 1. The number of carbonyl (C=O) groups is 2. The number of ether oxygens (including phenoxy) is 5. The Morgan fingerprint density at radius 3 is 2.53 bits per heavy atom. The van der Waals surface area contributed by atoms with Gasteiger partial charge in [-0.3, -0.25) is 4.79 Å². The van der Waals surface area contributed by atoms with Crippen molar-refractivity contribution in [2.24, 2.45) is 5.92 Å². The van der Waals surface area contributed by atoms with Gasteiger partial charge in [0.25, 0.3) is 0 Å². The van der Waals surface area contributed by atoms with Gasteiger partial charge in [-0.25, -0.2) is 4.79 Å². The normalized spacial score (nSPS) is 29.1. The average molecular weight is 477 g/mol. The molecule has 0 radical (unpaired) electrons. The topological polar surface area (TPSA) is 95.6 Å². The number of amides is 1. The van der Waals surface area contributed by atoms with E-state index in [9.17, 15) is 9.59 Å². The quantitative estimate of drug-likeness (QED) is 0.601. The number of carbonyl (C=O) groups excluding carboxylic acids is 2. The Morgan fingerprint density at radius 2 is 1.85 bits per heavy atom. The first-order valence-electron chi connectivity index (χ1n) is 12.1. The Hall–Kier alpha value is -2.20. The van der Waals surface area contributed by atoms with Crippen LogP contribution in [0.4, 0.5) is 4.79 Å². The third-order valence-electron chi connectivity index (χ3n) is 6.37. The Bertz CT molecular complexity index is 839. The van der Waals surface area contributed by atoms with Crippen LogP contribution in [-0.2, 0) is 35.1 Å². The molecule has 3 fully saturated rings. The van der Waals surface area contributed by atoms with Crippen LogP contribution in [0.1, 0.15) is 46.1 Å². The summed E-state index contributed by atoms with van der Waals surface area (Å²) >= 11 is 0. The van der Waals surface area contributed by atoms with Crippen molar-refractivity contribution in [1.29, 1.82) is 0 Å². The van der Waals surface area contributed by atoms with Crippen LogP contribution in [0.5, 0.6) is 0 Å². The number of likely N-dealkylation sites (tertiary alicyclic amines) is 1. The van der Waals surface area contributed by atoms with Crippen molar-refractivity contribution in [2.45, 2.75) is 83.6 Å². The van der Waals surface area contributed by atoms with E-state index in [0.717, 1.165) is 31.5 Å². The summed E-state index contributed by atoms with van der Waals surface area (Å²) < 4.78 is 29.1.